The molecule has 1 aromatic carbocycles. The molecule has 0 atom stereocenters. The number of aromatic nitrogens is 2. The molecule has 1 heterocycles. The molecule has 2 nitrogen and oxygen atoms in total. The highest BCUT2D eigenvalue weighted by molar-refractivity contribution is 14.1. The number of hydrogen-bond donors (Lipinski definition) is 0. The average molecular weight is 486 g/mol. The van der Waals surface area contributed by atoms with Crippen LogP contribution in [0.1, 0.15) is 26.5 Å². The molecule has 0 amide bonds. The molecule has 2 rings (SSSR count). The van der Waals surface area contributed by atoms with Gasteiger partial charge in [0.25, 0.3) is 0 Å². The van der Waals surface area contributed by atoms with Crippen molar-refractivity contribution in [3.8, 4) is 11.4 Å². The van der Waals surface area contributed by atoms with Gasteiger partial charge in [-0.15, -0.1) is 0 Å². The van der Waals surface area contributed by atoms with Gasteiger partial charge in [-0.2, -0.15) is 0 Å². The predicted molar refractivity (Wildman–Crippen MR) is 96.6 cm³/mol. The van der Waals surface area contributed by atoms with Gasteiger partial charge in [-0.25, -0.2) is 9.97 Å². The van der Waals surface area contributed by atoms with Crippen LogP contribution in [0.5, 0.6) is 0 Å². The van der Waals surface area contributed by atoms with Gasteiger partial charge >= 0.3 is 0 Å². The summed E-state index contributed by atoms with van der Waals surface area (Å²) in [5.41, 5.74) is 1.69. The second kappa shape index (κ2) is 6.07. The van der Waals surface area contributed by atoms with Crippen molar-refractivity contribution in [2.75, 3.05) is 0 Å². The smallest absolute Gasteiger partial charge is 0.161 e. The van der Waals surface area contributed by atoms with Crippen molar-refractivity contribution in [2.45, 2.75) is 26.2 Å². The molecule has 0 radical (unpaired) electrons. The summed E-state index contributed by atoms with van der Waals surface area (Å²) in [6.07, 6.45) is 0. The molecule has 0 aliphatic heterocycles. The quantitative estimate of drug-likeness (QED) is 0.359. The largest absolute Gasteiger partial charge is 0.231 e. The summed E-state index contributed by atoms with van der Waals surface area (Å²) in [6.45, 7) is 6.31. The van der Waals surface area contributed by atoms with Gasteiger partial charge in [-0.3, -0.25) is 0 Å². The summed E-state index contributed by atoms with van der Waals surface area (Å²) in [6, 6.07) is 5.63. The predicted octanol–water partition coefficient (Wildman–Crippen LogP) is 6.12. The second-order valence-corrected chi connectivity index (χ2v) is 8.08. The summed E-state index contributed by atoms with van der Waals surface area (Å²) in [5, 5.41) is 1.10. The molecule has 0 N–H and O–H groups in total. The van der Waals surface area contributed by atoms with Gasteiger partial charge in [-0.05, 0) is 56.7 Å². The molecule has 0 saturated heterocycles. The van der Waals surface area contributed by atoms with Crippen LogP contribution in [0, 0.1) is 3.57 Å². The first kappa shape index (κ1) is 16.5. The van der Waals surface area contributed by atoms with E-state index in [4.69, 9.17) is 23.2 Å². The van der Waals surface area contributed by atoms with E-state index in [1.54, 1.807) is 0 Å². The maximum atomic E-state index is 6.25. The van der Waals surface area contributed by atoms with E-state index >= 15 is 0 Å². The third-order valence-electron chi connectivity index (χ3n) is 2.70. The summed E-state index contributed by atoms with van der Waals surface area (Å²) < 4.78 is 1.74. The van der Waals surface area contributed by atoms with Gasteiger partial charge < -0.3 is 0 Å². The van der Waals surface area contributed by atoms with E-state index < -0.39 is 0 Å². The van der Waals surface area contributed by atoms with Crippen molar-refractivity contribution >= 4 is 61.7 Å². The van der Waals surface area contributed by atoms with Crippen LogP contribution in [0.4, 0.5) is 0 Å². The lowest BCUT2D eigenvalue weighted by molar-refractivity contribution is 0.563. The summed E-state index contributed by atoms with van der Waals surface area (Å²) in [5.74, 6) is 0.592. The van der Waals surface area contributed by atoms with E-state index in [1.807, 2.05) is 18.2 Å². The first-order valence-electron chi connectivity index (χ1n) is 5.89. The molecule has 6 heteroatoms. The Balaban J connectivity index is 2.63. The van der Waals surface area contributed by atoms with Crippen molar-refractivity contribution in [2.24, 2.45) is 0 Å². The van der Waals surface area contributed by atoms with Crippen LogP contribution in [0.2, 0.25) is 10.2 Å². The number of nitrogens with zero attached hydrogens (tertiary/aromatic N) is 2. The van der Waals surface area contributed by atoms with Crippen molar-refractivity contribution in [1.82, 2.24) is 9.97 Å². The third kappa shape index (κ3) is 3.46. The highest BCUT2D eigenvalue weighted by atomic mass is 127. The van der Waals surface area contributed by atoms with Crippen molar-refractivity contribution in [1.29, 1.82) is 0 Å². The topological polar surface area (TPSA) is 25.8 Å². The Bertz CT molecular complexity index is 669. The average Bonchev–Trinajstić information content (AvgIpc) is 2.34. The zero-order valence-electron chi connectivity index (χ0n) is 11.1. The van der Waals surface area contributed by atoms with Crippen LogP contribution in [-0.2, 0) is 5.41 Å². The van der Waals surface area contributed by atoms with Crippen molar-refractivity contribution in [3.63, 3.8) is 0 Å². The Labute approximate surface area is 150 Å². The van der Waals surface area contributed by atoms with Crippen LogP contribution in [0.25, 0.3) is 11.4 Å². The maximum Gasteiger partial charge on any atom is 0.161 e. The molecule has 0 aliphatic carbocycles. The van der Waals surface area contributed by atoms with Gasteiger partial charge in [0.15, 0.2) is 5.82 Å². The van der Waals surface area contributed by atoms with Gasteiger partial charge in [0.1, 0.15) is 5.15 Å². The van der Waals surface area contributed by atoms with E-state index in [0.717, 1.165) is 19.3 Å². The van der Waals surface area contributed by atoms with Crippen LogP contribution >= 0.6 is 61.7 Å². The Morgan fingerprint density at radius 2 is 1.80 bits per heavy atom. The molecule has 0 fully saturated rings. The third-order valence-corrected chi connectivity index (χ3v) is 5.55. The monoisotopic (exact) mass is 484 g/mol. The molecule has 106 valence electrons. The lowest BCUT2D eigenvalue weighted by atomic mass is 9.92. The Morgan fingerprint density at radius 3 is 2.35 bits per heavy atom. The minimum atomic E-state index is -0.100. The van der Waals surface area contributed by atoms with Crippen molar-refractivity contribution in [3.05, 3.63) is 42.1 Å². The fourth-order valence-electron chi connectivity index (χ4n) is 1.68. The zero-order valence-corrected chi connectivity index (χ0v) is 16.4. The molecule has 1 aromatic heterocycles. The zero-order chi connectivity index (χ0) is 15.1. The molecule has 0 saturated carbocycles. The standard InChI is InChI=1S/C14H12BrCl2IN2/c1-14(2,3)11-10(18)12(17)20-13(19-11)7-4-5-8(15)9(16)6-7/h4-6H,1-3H3. The summed E-state index contributed by atoms with van der Waals surface area (Å²) >= 11 is 17.9. The number of benzene rings is 1. The van der Waals surface area contributed by atoms with E-state index in [2.05, 4.69) is 69.3 Å². The fraction of sp³-hybridized carbons (Fsp3) is 0.286. The van der Waals surface area contributed by atoms with Gasteiger partial charge in [-0.1, -0.05) is 44.0 Å². The highest BCUT2D eigenvalue weighted by Crippen LogP contribution is 2.33. The first-order valence-corrected chi connectivity index (χ1v) is 8.52. The first-order chi connectivity index (χ1) is 9.20. The molecule has 2 aromatic rings. The Hall–Kier alpha value is 0.0900. The number of halogens is 4. The van der Waals surface area contributed by atoms with E-state index in [1.165, 1.54) is 0 Å². The van der Waals surface area contributed by atoms with E-state index in [9.17, 15) is 0 Å². The van der Waals surface area contributed by atoms with Gasteiger partial charge in [0.05, 0.1) is 14.3 Å². The highest BCUT2D eigenvalue weighted by Gasteiger charge is 2.23. The Kier molecular flexibility index (Phi) is 4.99. The van der Waals surface area contributed by atoms with E-state index in [-0.39, 0.29) is 5.41 Å². The lowest BCUT2D eigenvalue weighted by Gasteiger charge is -2.20. The second-order valence-electron chi connectivity index (χ2n) is 5.38. The number of hydrogen-bond acceptors (Lipinski definition) is 2. The molecular weight excluding hydrogens is 474 g/mol. The molecule has 20 heavy (non-hydrogen) atoms. The number of rotatable bonds is 1. The summed E-state index contributed by atoms with van der Waals surface area (Å²) in [4.78, 5) is 9.03. The lowest BCUT2D eigenvalue weighted by Crippen LogP contribution is -2.17. The maximum absolute atomic E-state index is 6.25. The minimum absolute atomic E-state index is 0.100. The van der Waals surface area contributed by atoms with Gasteiger partial charge in [0, 0.05) is 15.5 Å². The van der Waals surface area contributed by atoms with Crippen molar-refractivity contribution < 1.29 is 0 Å². The van der Waals surface area contributed by atoms with Gasteiger partial charge in [0.2, 0.25) is 0 Å². The Morgan fingerprint density at radius 1 is 1.15 bits per heavy atom. The van der Waals surface area contributed by atoms with E-state index in [0.29, 0.717) is 16.0 Å². The SMILES string of the molecule is CC(C)(C)c1nc(-c2ccc(Br)c(Cl)c2)nc(Cl)c1I. The molecule has 0 spiro atoms. The van der Waals surface area contributed by atoms with Crippen LogP contribution < -0.4 is 0 Å². The fourth-order valence-corrected chi connectivity index (χ4v) is 3.33. The van der Waals surface area contributed by atoms with Crippen LogP contribution in [-0.4, -0.2) is 9.97 Å². The van der Waals surface area contributed by atoms with Crippen LogP contribution in [0.3, 0.4) is 0 Å². The summed E-state index contributed by atoms with van der Waals surface area (Å²) in [7, 11) is 0. The van der Waals surface area contributed by atoms with Crippen LogP contribution in [0.15, 0.2) is 22.7 Å². The normalized spacial score (nSPS) is 11.8. The molecule has 0 aliphatic rings. The molecule has 0 unspecified atom stereocenters. The molecular formula is C14H12BrCl2IN2. The molecule has 0 bridgehead atoms. The minimum Gasteiger partial charge on any atom is -0.231 e.